The molecule has 0 bridgehead atoms. The third-order valence-corrected chi connectivity index (χ3v) is 9.57. The van der Waals surface area contributed by atoms with Crippen molar-refractivity contribution >= 4 is 21.5 Å². The van der Waals surface area contributed by atoms with Crippen molar-refractivity contribution in [3.8, 4) is 23.1 Å². The zero-order chi connectivity index (χ0) is 30.8. The van der Waals surface area contributed by atoms with Gasteiger partial charge in [0.25, 0.3) is 0 Å². The SMILES string of the molecule is CN=[S@@]1(=O)C[C@@](CF)(c2cc(-c3cn(-c4ccc(C#N)cn4)nn3)ccc2F)N=C(N)C1(C)C.O=C(O)C(F)(F)F. The Morgan fingerprint density at radius 2 is 1.95 bits per heavy atom. The molecule has 0 aliphatic carbocycles. The fraction of sp³-hybridized carbons (Fsp3) is 0.333. The maximum absolute atomic E-state index is 15.0. The molecule has 2 atom stereocenters. The molecule has 0 saturated carbocycles. The maximum Gasteiger partial charge on any atom is 0.490 e. The van der Waals surface area contributed by atoms with Gasteiger partial charge in [-0.15, -0.1) is 5.10 Å². The number of nitrogens with two attached hydrogens (primary N) is 1. The maximum atomic E-state index is 15.0. The van der Waals surface area contributed by atoms with Gasteiger partial charge in [-0.05, 0) is 44.2 Å². The van der Waals surface area contributed by atoms with Gasteiger partial charge in [0.15, 0.2) is 5.82 Å². The molecule has 17 heteroatoms. The molecule has 3 heterocycles. The Morgan fingerprint density at radius 3 is 2.46 bits per heavy atom. The van der Waals surface area contributed by atoms with Crippen LogP contribution in [0.5, 0.6) is 0 Å². The average molecular weight is 599 g/mol. The normalized spacial score (nSPS) is 21.6. The van der Waals surface area contributed by atoms with E-state index in [4.69, 9.17) is 20.9 Å². The van der Waals surface area contributed by atoms with Crippen LogP contribution >= 0.6 is 0 Å². The molecule has 3 N–H and O–H groups in total. The highest BCUT2D eigenvalue weighted by atomic mass is 32.2. The molecular formula is C24H23F5N8O3S. The Labute approximate surface area is 230 Å². The number of aliphatic imine (C=N–C) groups is 1. The van der Waals surface area contributed by atoms with Crippen LogP contribution in [0.4, 0.5) is 22.0 Å². The number of carbonyl (C=O) groups is 1. The van der Waals surface area contributed by atoms with E-state index >= 15 is 4.39 Å². The number of aromatic nitrogens is 4. The van der Waals surface area contributed by atoms with Crippen LogP contribution < -0.4 is 5.73 Å². The van der Waals surface area contributed by atoms with E-state index in [1.807, 2.05) is 6.07 Å². The lowest BCUT2D eigenvalue weighted by atomic mass is 9.90. The Morgan fingerprint density at radius 1 is 1.29 bits per heavy atom. The molecule has 11 nitrogen and oxygen atoms in total. The molecule has 41 heavy (non-hydrogen) atoms. The van der Waals surface area contributed by atoms with Gasteiger partial charge < -0.3 is 10.8 Å². The van der Waals surface area contributed by atoms with E-state index in [0.717, 1.165) is 0 Å². The number of amidine groups is 1. The zero-order valence-corrected chi connectivity index (χ0v) is 22.5. The summed E-state index contributed by atoms with van der Waals surface area (Å²) in [6.45, 7) is 2.15. The molecule has 1 aliphatic rings. The van der Waals surface area contributed by atoms with Crippen LogP contribution in [0.25, 0.3) is 17.1 Å². The number of nitriles is 1. The van der Waals surface area contributed by atoms with Crippen LogP contribution in [0.2, 0.25) is 0 Å². The molecule has 0 unspecified atom stereocenters. The van der Waals surface area contributed by atoms with E-state index in [-0.39, 0.29) is 17.2 Å². The fourth-order valence-corrected chi connectivity index (χ4v) is 6.04. The Kier molecular flexibility index (Phi) is 8.48. The largest absolute Gasteiger partial charge is 0.490 e. The molecule has 4 rings (SSSR count). The van der Waals surface area contributed by atoms with Gasteiger partial charge in [-0.3, -0.25) is 4.99 Å². The van der Waals surface area contributed by atoms with Gasteiger partial charge >= 0.3 is 12.1 Å². The summed E-state index contributed by atoms with van der Waals surface area (Å²) in [7, 11) is -1.67. The lowest BCUT2D eigenvalue weighted by Gasteiger charge is -2.41. The fourth-order valence-electron chi connectivity index (χ4n) is 3.77. The number of halogens is 5. The molecule has 2 aromatic heterocycles. The van der Waals surface area contributed by atoms with E-state index in [2.05, 4.69) is 24.7 Å². The number of aliphatic carboxylic acids is 1. The van der Waals surface area contributed by atoms with Gasteiger partial charge in [-0.2, -0.15) is 18.4 Å². The van der Waals surface area contributed by atoms with Crippen molar-refractivity contribution < 1.29 is 36.1 Å². The number of benzene rings is 1. The van der Waals surface area contributed by atoms with Crippen LogP contribution in [-0.2, 0) is 20.1 Å². The second kappa shape index (κ2) is 11.2. The average Bonchev–Trinajstić information content (AvgIpc) is 3.42. The molecule has 0 saturated heterocycles. The summed E-state index contributed by atoms with van der Waals surface area (Å²) >= 11 is 0. The van der Waals surface area contributed by atoms with Crippen molar-refractivity contribution in [1.82, 2.24) is 20.0 Å². The van der Waals surface area contributed by atoms with Crippen molar-refractivity contribution in [2.75, 3.05) is 19.5 Å². The van der Waals surface area contributed by atoms with Crippen LogP contribution in [0.15, 0.2) is 52.1 Å². The summed E-state index contributed by atoms with van der Waals surface area (Å²) in [6.07, 6.45) is -2.11. The molecule has 0 spiro atoms. The predicted octanol–water partition coefficient (Wildman–Crippen LogP) is 3.39. The highest BCUT2D eigenvalue weighted by molar-refractivity contribution is 7.95. The van der Waals surface area contributed by atoms with Gasteiger partial charge in [0.1, 0.15) is 40.4 Å². The van der Waals surface area contributed by atoms with E-state index in [9.17, 15) is 21.8 Å². The van der Waals surface area contributed by atoms with Gasteiger partial charge in [-0.25, -0.2) is 31.8 Å². The number of carboxylic acids is 1. The first-order valence-corrected chi connectivity index (χ1v) is 13.2. The van der Waals surface area contributed by atoms with E-state index in [0.29, 0.717) is 22.6 Å². The van der Waals surface area contributed by atoms with E-state index in [1.54, 1.807) is 32.2 Å². The minimum atomic E-state index is -5.08. The molecule has 0 fully saturated rings. The van der Waals surface area contributed by atoms with Crippen molar-refractivity contribution in [3.63, 3.8) is 0 Å². The predicted molar refractivity (Wildman–Crippen MR) is 138 cm³/mol. The van der Waals surface area contributed by atoms with E-state index < -0.39 is 44.7 Å². The number of pyridine rings is 1. The Hall–Kier alpha value is -4.46. The van der Waals surface area contributed by atoms with Crippen LogP contribution in [0.3, 0.4) is 0 Å². The van der Waals surface area contributed by atoms with Crippen molar-refractivity contribution in [3.05, 3.63) is 59.7 Å². The minimum Gasteiger partial charge on any atom is -0.475 e. The molecule has 1 aromatic carbocycles. The van der Waals surface area contributed by atoms with Crippen molar-refractivity contribution in [2.45, 2.75) is 30.3 Å². The molecule has 0 radical (unpaired) electrons. The van der Waals surface area contributed by atoms with Gasteiger partial charge in [-0.1, -0.05) is 5.21 Å². The number of hydrogen-bond acceptors (Lipinski definition) is 9. The second-order valence-corrected chi connectivity index (χ2v) is 12.2. The summed E-state index contributed by atoms with van der Waals surface area (Å²) in [6, 6.07) is 9.26. The van der Waals surface area contributed by atoms with Gasteiger partial charge in [0, 0.05) is 24.4 Å². The third-order valence-electron chi connectivity index (χ3n) is 6.31. The lowest BCUT2D eigenvalue weighted by Crippen LogP contribution is -2.56. The molecule has 218 valence electrons. The number of nitrogens with zero attached hydrogens (tertiary/aromatic N) is 7. The zero-order valence-electron chi connectivity index (χ0n) is 21.7. The van der Waals surface area contributed by atoms with Crippen LogP contribution in [0.1, 0.15) is 25.0 Å². The first kappa shape index (κ1) is 31.1. The molecule has 0 amide bonds. The summed E-state index contributed by atoms with van der Waals surface area (Å²) in [4.78, 5) is 17.4. The summed E-state index contributed by atoms with van der Waals surface area (Å²) in [5, 5.41) is 24.2. The monoisotopic (exact) mass is 598 g/mol. The molecule has 1 aliphatic heterocycles. The molecule has 3 aromatic rings. The van der Waals surface area contributed by atoms with E-state index in [1.165, 1.54) is 36.1 Å². The number of hydrogen-bond donors (Lipinski definition) is 2. The van der Waals surface area contributed by atoms with Gasteiger partial charge in [0.2, 0.25) is 0 Å². The van der Waals surface area contributed by atoms with Crippen LogP contribution in [-0.4, -0.2) is 71.5 Å². The van der Waals surface area contributed by atoms with Crippen LogP contribution in [0, 0.1) is 17.1 Å². The first-order valence-electron chi connectivity index (χ1n) is 11.5. The number of rotatable bonds is 4. The smallest absolute Gasteiger partial charge is 0.475 e. The lowest BCUT2D eigenvalue weighted by molar-refractivity contribution is -0.192. The minimum absolute atomic E-state index is 0.0466. The second-order valence-electron chi connectivity index (χ2n) is 9.20. The number of carboxylic acid groups (broad SMARTS) is 1. The van der Waals surface area contributed by atoms with Gasteiger partial charge in [0.05, 0.1) is 27.2 Å². The highest BCUT2D eigenvalue weighted by Gasteiger charge is 2.50. The first-order chi connectivity index (χ1) is 19.0. The quantitative estimate of drug-likeness (QED) is 0.430. The summed E-state index contributed by atoms with van der Waals surface area (Å²) in [5.41, 5.74) is 5.44. The summed E-state index contributed by atoms with van der Waals surface area (Å²) in [5.74, 6) is -3.40. The third kappa shape index (κ3) is 6.01. The Balaban J connectivity index is 0.000000587. The highest BCUT2D eigenvalue weighted by Crippen LogP contribution is 2.40. The molecular weight excluding hydrogens is 575 g/mol. The standard InChI is InChI=1S/C22H22F2N8OS.C2HF3O2/c1-21(2)20(26)29-22(12-23,13-34(21,33)27-3)16-8-15(5-6-17(16)24)18-11-32(31-30-18)19-7-4-14(9-25)10-28-19;3-2(4,5)1(6)7/h4-8,10-11H,12-13H2,1-3H3,(H2,26,29);(H,6,7)/t22-,34+;/m0./s1. The van der Waals surface area contributed by atoms with Crippen molar-refractivity contribution in [2.24, 2.45) is 15.1 Å². The van der Waals surface area contributed by atoms with Crippen molar-refractivity contribution in [1.29, 1.82) is 5.26 Å². The topological polar surface area (TPSA) is 172 Å². The Bertz CT molecular complexity index is 1650. The number of alkyl halides is 4. The summed E-state index contributed by atoms with van der Waals surface area (Å²) < 4.78 is 79.3.